The number of ether oxygens (including phenoxy) is 1. The number of amides is 2. The van der Waals surface area contributed by atoms with E-state index in [1.165, 1.54) is 5.56 Å². The first-order valence-electron chi connectivity index (χ1n) is 10.2. The summed E-state index contributed by atoms with van der Waals surface area (Å²) in [7, 11) is 3.22. The van der Waals surface area contributed by atoms with E-state index in [2.05, 4.69) is 36.5 Å². The fraction of sp³-hybridized carbons (Fsp3) is 0.417. The Labute approximate surface area is 174 Å². The smallest absolute Gasteiger partial charge is 0.242 e. The topological polar surface area (TPSA) is 58.6 Å². The van der Waals surface area contributed by atoms with Crippen molar-refractivity contribution in [2.24, 2.45) is 0 Å². The second kappa shape index (κ2) is 11.2. The molecule has 5 heteroatoms. The molecular weight excluding hydrogens is 364 g/mol. The van der Waals surface area contributed by atoms with Crippen molar-refractivity contribution >= 4 is 11.8 Å². The third kappa shape index (κ3) is 6.34. The van der Waals surface area contributed by atoms with E-state index < -0.39 is 6.04 Å². The summed E-state index contributed by atoms with van der Waals surface area (Å²) in [6, 6.07) is 15.5. The highest BCUT2D eigenvalue weighted by molar-refractivity contribution is 5.87. The summed E-state index contributed by atoms with van der Waals surface area (Å²) >= 11 is 0. The number of hydrogen-bond donors (Lipinski definition) is 1. The number of nitrogens with zero attached hydrogens (tertiary/aromatic N) is 1. The average molecular weight is 397 g/mol. The third-order valence-corrected chi connectivity index (χ3v) is 5.18. The SMILES string of the molecule is CCc1ccc(CCC(=O)N(Cc2cccc(OC)c2)[C@@H](CC)C(=O)NC)cc1. The van der Waals surface area contributed by atoms with Crippen LogP contribution >= 0.6 is 0 Å². The highest BCUT2D eigenvalue weighted by Gasteiger charge is 2.27. The van der Waals surface area contributed by atoms with Gasteiger partial charge in [-0.25, -0.2) is 0 Å². The lowest BCUT2D eigenvalue weighted by Crippen LogP contribution is -2.48. The number of aryl methyl sites for hydroxylation is 2. The van der Waals surface area contributed by atoms with E-state index in [1.54, 1.807) is 19.1 Å². The number of methoxy groups -OCH3 is 1. The predicted octanol–water partition coefficient (Wildman–Crippen LogP) is 3.74. The maximum atomic E-state index is 13.1. The average Bonchev–Trinajstić information content (AvgIpc) is 2.77. The van der Waals surface area contributed by atoms with Crippen LogP contribution in [-0.2, 0) is 29.0 Å². The van der Waals surface area contributed by atoms with Gasteiger partial charge in [-0.15, -0.1) is 0 Å². The minimum atomic E-state index is -0.499. The molecule has 2 aromatic rings. The monoisotopic (exact) mass is 396 g/mol. The second-order valence-electron chi connectivity index (χ2n) is 7.08. The van der Waals surface area contributed by atoms with Crippen molar-refractivity contribution in [3.05, 3.63) is 65.2 Å². The van der Waals surface area contributed by atoms with Crippen molar-refractivity contribution in [3.63, 3.8) is 0 Å². The molecule has 2 rings (SSSR count). The Morgan fingerprint density at radius 2 is 1.72 bits per heavy atom. The molecule has 2 amide bonds. The van der Waals surface area contributed by atoms with Gasteiger partial charge in [0.1, 0.15) is 11.8 Å². The minimum Gasteiger partial charge on any atom is -0.497 e. The minimum absolute atomic E-state index is 0.0252. The normalized spacial score (nSPS) is 11.6. The first kappa shape index (κ1) is 22.5. The number of carbonyl (C=O) groups is 2. The fourth-order valence-electron chi connectivity index (χ4n) is 3.39. The molecule has 5 nitrogen and oxygen atoms in total. The number of hydrogen-bond acceptors (Lipinski definition) is 3. The molecule has 156 valence electrons. The maximum Gasteiger partial charge on any atom is 0.242 e. The molecular formula is C24H32N2O3. The van der Waals surface area contributed by atoms with Gasteiger partial charge in [0.05, 0.1) is 7.11 Å². The molecule has 0 aromatic heterocycles. The van der Waals surface area contributed by atoms with E-state index in [0.29, 0.717) is 25.8 Å². The summed E-state index contributed by atoms with van der Waals surface area (Å²) in [6.45, 7) is 4.42. The van der Waals surface area contributed by atoms with Gasteiger partial charge >= 0.3 is 0 Å². The molecule has 0 spiro atoms. The van der Waals surface area contributed by atoms with Gasteiger partial charge in [-0.1, -0.05) is 50.2 Å². The zero-order valence-electron chi connectivity index (χ0n) is 17.9. The summed E-state index contributed by atoms with van der Waals surface area (Å²) in [5.74, 6) is 0.567. The summed E-state index contributed by atoms with van der Waals surface area (Å²) in [5, 5.41) is 2.69. The van der Waals surface area contributed by atoms with Crippen LogP contribution in [0.5, 0.6) is 5.75 Å². The standard InChI is InChI=1S/C24H32N2O3/c1-5-18-10-12-19(13-11-18)14-15-23(27)26(22(6-2)24(28)25-3)17-20-8-7-9-21(16-20)29-4/h7-13,16,22H,5-6,14-15,17H2,1-4H3,(H,25,28)/t22-/m0/s1. The molecule has 0 bridgehead atoms. The number of nitrogens with one attached hydrogen (secondary N) is 1. The predicted molar refractivity (Wildman–Crippen MR) is 116 cm³/mol. The van der Waals surface area contributed by atoms with Crippen molar-refractivity contribution in [1.29, 1.82) is 0 Å². The molecule has 0 saturated carbocycles. The molecule has 0 heterocycles. The highest BCUT2D eigenvalue weighted by Crippen LogP contribution is 2.18. The first-order chi connectivity index (χ1) is 14.0. The van der Waals surface area contributed by atoms with E-state index >= 15 is 0 Å². The van der Waals surface area contributed by atoms with Gasteiger partial charge in [-0.2, -0.15) is 0 Å². The molecule has 0 radical (unpaired) electrons. The van der Waals surface area contributed by atoms with Crippen LogP contribution in [0.3, 0.4) is 0 Å². The summed E-state index contributed by atoms with van der Waals surface area (Å²) < 4.78 is 5.29. The van der Waals surface area contributed by atoms with Crippen LogP contribution in [0.4, 0.5) is 0 Å². The van der Waals surface area contributed by atoms with Crippen molar-refractivity contribution in [1.82, 2.24) is 10.2 Å². The number of likely N-dealkylation sites (N-methyl/N-ethyl adjacent to an activating group) is 1. The lowest BCUT2D eigenvalue weighted by molar-refractivity contribution is -0.141. The second-order valence-corrected chi connectivity index (χ2v) is 7.08. The zero-order valence-corrected chi connectivity index (χ0v) is 17.9. The lowest BCUT2D eigenvalue weighted by atomic mass is 10.0. The Balaban J connectivity index is 2.17. The van der Waals surface area contributed by atoms with Gasteiger partial charge in [-0.3, -0.25) is 9.59 Å². The lowest BCUT2D eigenvalue weighted by Gasteiger charge is -2.30. The van der Waals surface area contributed by atoms with Crippen molar-refractivity contribution in [2.45, 2.75) is 52.1 Å². The Hall–Kier alpha value is -2.82. The molecule has 0 unspecified atom stereocenters. The van der Waals surface area contributed by atoms with Gasteiger partial charge < -0.3 is 15.0 Å². The highest BCUT2D eigenvalue weighted by atomic mass is 16.5. The van der Waals surface area contributed by atoms with Crippen LogP contribution in [0.25, 0.3) is 0 Å². The van der Waals surface area contributed by atoms with Gasteiger partial charge in [-0.05, 0) is 48.1 Å². The van der Waals surface area contributed by atoms with Gasteiger partial charge in [0.2, 0.25) is 11.8 Å². The van der Waals surface area contributed by atoms with Crippen LogP contribution in [0.2, 0.25) is 0 Å². The van der Waals surface area contributed by atoms with Crippen LogP contribution in [0, 0.1) is 0 Å². The van der Waals surface area contributed by atoms with Crippen molar-refractivity contribution in [3.8, 4) is 5.75 Å². The quantitative estimate of drug-likeness (QED) is 0.665. The van der Waals surface area contributed by atoms with E-state index in [-0.39, 0.29) is 11.8 Å². The molecule has 0 aliphatic heterocycles. The number of rotatable bonds is 10. The van der Waals surface area contributed by atoms with Gasteiger partial charge in [0, 0.05) is 20.0 Å². The Kier molecular flexibility index (Phi) is 8.71. The molecule has 0 saturated heterocycles. The van der Waals surface area contributed by atoms with E-state index in [0.717, 1.165) is 23.3 Å². The molecule has 1 atom stereocenters. The fourth-order valence-corrected chi connectivity index (χ4v) is 3.39. The number of benzene rings is 2. The van der Waals surface area contributed by atoms with Crippen molar-refractivity contribution < 1.29 is 14.3 Å². The van der Waals surface area contributed by atoms with E-state index in [4.69, 9.17) is 4.74 Å². The molecule has 0 aliphatic carbocycles. The molecule has 29 heavy (non-hydrogen) atoms. The summed E-state index contributed by atoms with van der Waals surface area (Å²) in [6.07, 6.45) is 2.57. The van der Waals surface area contributed by atoms with Gasteiger partial charge in [0.25, 0.3) is 0 Å². The van der Waals surface area contributed by atoms with Crippen LogP contribution in [-0.4, -0.2) is 36.9 Å². The van der Waals surface area contributed by atoms with Gasteiger partial charge in [0.15, 0.2) is 0 Å². The zero-order chi connectivity index (χ0) is 21.2. The maximum absolute atomic E-state index is 13.1. The molecule has 2 aromatic carbocycles. The summed E-state index contributed by atoms with van der Waals surface area (Å²) in [4.78, 5) is 27.2. The van der Waals surface area contributed by atoms with Crippen LogP contribution in [0.1, 0.15) is 43.4 Å². The largest absolute Gasteiger partial charge is 0.497 e. The van der Waals surface area contributed by atoms with Crippen molar-refractivity contribution in [2.75, 3.05) is 14.2 Å². The Morgan fingerprint density at radius 1 is 1.03 bits per heavy atom. The summed E-state index contributed by atoms with van der Waals surface area (Å²) in [5.41, 5.74) is 3.35. The first-order valence-corrected chi connectivity index (χ1v) is 10.2. The third-order valence-electron chi connectivity index (χ3n) is 5.18. The van der Waals surface area contributed by atoms with Crippen LogP contribution in [0.15, 0.2) is 48.5 Å². The van der Waals surface area contributed by atoms with E-state index in [9.17, 15) is 9.59 Å². The number of carbonyl (C=O) groups excluding carboxylic acids is 2. The Bertz CT molecular complexity index is 802. The molecule has 0 aliphatic rings. The Morgan fingerprint density at radius 3 is 2.31 bits per heavy atom. The van der Waals surface area contributed by atoms with Crippen LogP contribution < -0.4 is 10.1 Å². The molecule has 1 N–H and O–H groups in total. The molecule has 0 fully saturated rings. The van der Waals surface area contributed by atoms with E-state index in [1.807, 2.05) is 31.2 Å².